The SMILES string of the molecule is CN=C(NCC(C)N(C)C1CC1)NC1CCN(C(=O)C2CCCC2)C1. The van der Waals surface area contributed by atoms with Crippen LogP contribution in [0.3, 0.4) is 0 Å². The van der Waals surface area contributed by atoms with Crippen molar-refractivity contribution in [3.63, 3.8) is 0 Å². The number of nitrogens with one attached hydrogen (secondary N) is 2. The molecular formula is C19H35N5O. The third kappa shape index (κ3) is 4.87. The molecule has 6 nitrogen and oxygen atoms in total. The van der Waals surface area contributed by atoms with E-state index in [2.05, 4.69) is 39.4 Å². The van der Waals surface area contributed by atoms with Gasteiger partial charge in [-0.25, -0.2) is 0 Å². The van der Waals surface area contributed by atoms with Gasteiger partial charge in [0.25, 0.3) is 0 Å². The van der Waals surface area contributed by atoms with Gasteiger partial charge in [-0.05, 0) is 46.1 Å². The number of aliphatic imine (C=N–C) groups is 1. The van der Waals surface area contributed by atoms with E-state index in [4.69, 9.17) is 0 Å². The molecule has 0 aromatic carbocycles. The summed E-state index contributed by atoms with van der Waals surface area (Å²) >= 11 is 0. The molecule has 2 unspecified atom stereocenters. The minimum atomic E-state index is 0.287. The van der Waals surface area contributed by atoms with Crippen LogP contribution in [0.1, 0.15) is 51.9 Å². The Morgan fingerprint density at radius 2 is 1.96 bits per heavy atom. The van der Waals surface area contributed by atoms with Crippen LogP contribution in [-0.2, 0) is 4.79 Å². The molecule has 0 spiro atoms. The van der Waals surface area contributed by atoms with Crippen molar-refractivity contribution >= 4 is 11.9 Å². The van der Waals surface area contributed by atoms with Crippen LogP contribution < -0.4 is 10.6 Å². The van der Waals surface area contributed by atoms with Crippen LogP contribution in [-0.4, -0.2) is 73.5 Å². The van der Waals surface area contributed by atoms with Crippen molar-refractivity contribution in [3.05, 3.63) is 0 Å². The van der Waals surface area contributed by atoms with Crippen molar-refractivity contribution in [2.24, 2.45) is 10.9 Å². The smallest absolute Gasteiger partial charge is 0.225 e. The number of amides is 1. The predicted molar refractivity (Wildman–Crippen MR) is 102 cm³/mol. The number of hydrogen-bond donors (Lipinski definition) is 2. The Morgan fingerprint density at radius 3 is 2.60 bits per heavy atom. The fraction of sp³-hybridized carbons (Fsp3) is 0.895. The first-order chi connectivity index (χ1) is 12.1. The fourth-order valence-corrected chi connectivity index (χ4v) is 4.13. The van der Waals surface area contributed by atoms with Crippen molar-refractivity contribution < 1.29 is 4.79 Å². The highest BCUT2D eigenvalue weighted by molar-refractivity contribution is 5.81. The van der Waals surface area contributed by atoms with E-state index in [1.807, 2.05) is 7.05 Å². The average Bonchev–Trinajstić information content (AvgIpc) is 3.12. The molecule has 3 aliphatic rings. The van der Waals surface area contributed by atoms with E-state index in [-0.39, 0.29) is 5.92 Å². The lowest BCUT2D eigenvalue weighted by Crippen LogP contribution is -2.49. The first-order valence-corrected chi connectivity index (χ1v) is 10.1. The first kappa shape index (κ1) is 18.5. The van der Waals surface area contributed by atoms with Crippen LogP contribution >= 0.6 is 0 Å². The number of rotatable bonds is 6. The molecule has 1 saturated heterocycles. The van der Waals surface area contributed by atoms with E-state index < -0.39 is 0 Å². The van der Waals surface area contributed by atoms with Crippen LogP contribution in [0, 0.1) is 5.92 Å². The molecule has 0 bridgehead atoms. The molecule has 3 rings (SSSR count). The topological polar surface area (TPSA) is 60.0 Å². The number of hydrogen-bond acceptors (Lipinski definition) is 3. The summed E-state index contributed by atoms with van der Waals surface area (Å²) in [6.07, 6.45) is 8.29. The largest absolute Gasteiger partial charge is 0.355 e. The van der Waals surface area contributed by atoms with E-state index in [9.17, 15) is 4.79 Å². The molecule has 0 aromatic heterocycles. The Bertz CT molecular complexity index is 484. The van der Waals surface area contributed by atoms with Gasteiger partial charge in [-0.2, -0.15) is 0 Å². The average molecular weight is 350 g/mol. The van der Waals surface area contributed by atoms with Gasteiger partial charge in [0, 0.05) is 50.7 Å². The van der Waals surface area contributed by atoms with E-state index >= 15 is 0 Å². The minimum absolute atomic E-state index is 0.287. The molecular weight excluding hydrogens is 314 g/mol. The zero-order valence-electron chi connectivity index (χ0n) is 16.1. The molecule has 2 saturated carbocycles. The fourth-order valence-electron chi connectivity index (χ4n) is 4.13. The van der Waals surface area contributed by atoms with Gasteiger partial charge in [0.05, 0.1) is 0 Å². The highest BCUT2D eigenvalue weighted by atomic mass is 16.2. The monoisotopic (exact) mass is 349 g/mol. The summed E-state index contributed by atoms with van der Waals surface area (Å²) in [5.41, 5.74) is 0. The van der Waals surface area contributed by atoms with Crippen LogP contribution in [0.4, 0.5) is 0 Å². The summed E-state index contributed by atoms with van der Waals surface area (Å²) in [5, 5.41) is 6.96. The van der Waals surface area contributed by atoms with Crippen LogP contribution in [0.5, 0.6) is 0 Å². The zero-order chi connectivity index (χ0) is 17.8. The minimum Gasteiger partial charge on any atom is -0.355 e. The van der Waals surface area contributed by atoms with Gasteiger partial charge in [0.2, 0.25) is 5.91 Å². The molecule has 0 aromatic rings. The molecule has 1 heterocycles. The Morgan fingerprint density at radius 1 is 1.24 bits per heavy atom. The van der Waals surface area contributed by atoms with Gasteiger partial charge in [-0.15, -0.1) is 0 Å². The number of guanidine groups is 1. The number of nitrogens with zero attached hydrogens (tertiary/aromatic N) is 3. The van der Waals surface area contributed by atoms with E-state index in [0.29, 0.717) is 18.0 Å². The highest BCUT2D eigenvalue weighted by Gasteiger charge is 2.33. The maximum atomic E-state index is 12.6. The third-order valence-electron chi connectivity index (χ3n) is 6.15. The van der Waals surface area contributed by atoms with E-state index in [1.54, 1.807) is 0 Å². The number of carbonyl (C=O) groups is 1. The van der Waals surface area contributed by atoms with Crippen LogP contribution in [0.2, 0.25) is 0 Å². The van der Waals surface area contributed by atoms with Crippen molar-refractivity contribution in [2.45, 2.75) is 70.0 Å². The standard InChI is InChI=1S/C19H35N5O/c1-14(23(3)17-8-9-17)12-21-19(20-2)22-16-10-11-24(13-16)18(25)15-6-4-5-7-15/h14-17H,4-13H2,1-3H3,(H2,20,21,22). The maximum absolute atomic E-state index is 12.6. The maximum Gasteiger partial charge on any atom is 0.225 e. The Labute approximate surface area is 152 Å². The summed E-state index contributed by atoms with van der Waals surface area (Å²) in [6, 6.07) is 1.58. The van der Waals surface area contributed by atoms with Crippen molar-refractivity contribution in [1.29, 1.82) is 0 Å². The predicted octanol–water partition coefficient (Wildman–Crippen LogP) is 1.43. The quantitative estimate of drug-likeness (QED) is 0.562. The van der Waals surface area contributed by atoms with Gasteiger partial charge in [0.15, 0.2) is 5.96 Å². The van der Waals surface area contributed by atoms with Gasteiger partial charge >= 0.3 is 0 Å². The molecule has 2 aliphatic carbocycles. The second-order valence-corrected chi connectivity index (χ2v) is 8.09. The van der Waals surface area contributed by atoms with Crippen molar-refractivity contribution in [3.8, 4) is 0 Å². The molecule has 1 amide bonds. The second-order valence-electron chi connectivity index (χ2n) is 8.09. The molecule has 3 fully saturated rings. The first-order valence-electron chi connectivity index (χ1n) is 10.1. The summed E-state index contributed by atoms with van der Waals surface area (Å²) in [6.45, 7) is 4.85. The Kier molecular flexibility index (Phi) is 6.20. The van der Waals surface area contributed by atoms with Crippen LogP contribution in [0.25, 0.3) is 0 Å². The number of carbonyl (C=O) groups excluding carboxylic acids is 1. The zero-order valence-corrected chi connectivity index (χ0v) is 16.1. The molecule has 6 heteroatoms. The van der Waals surface area contributed by atoms with Gasteiger partial charge < -0.3 is 15.5 Å². The van der Waals surface area contributed by atoms with Crippen molar-refractivity contribution in [1.82, 2.24) is 20.4 Å². The second kappa shape index (κ2) is 8.39. The molecule has 142 valence electrons. The Balaban J connectivity index is 1.40. The van der Waals surface area contributed by atoms with E-state index in [1.165, 1.54) is 25.7 Å². The lowest BCUT2D eigenvalue weighted by atomic mass is 10.1. The van der Waals surface area contributed by atoms with Gasteiger partial charge in [-0.1, -0.05) is 12.8 Å². The summed E-state index contributed by atoms with van der Waals surface area (Å²) < 4.78 is 0. The third-order valence-corrected chi connectivity index (χ3v) is 6.15. The number of likely N-dealkylation sites (N-methyl/N-ethyl adjacent to an activating group) is 1. The van der Waals surface area contributed by atoms with Gasteiger partial charge in [-0.3, -0.25) is 14.7 Å². The van der Waals surface area contributed by atoms with Gasteiger partial charge in [0.1, 0.15) is 0 Å². The summed E-state index contributed by atoms with van der Waals surface area (Å²) in [5.74, 6) is 1.52. The molecule has 2 atom stereocenters. The van der Waals surface area contributed by atoms with Crippen molar-refractivity contribution in [2.75, 3.05) is 33.7 Å². The van der Waals surface area contributed by atoms with Crippen LogP contribution in [0.15, 0.2) is 4.99 Å². The lowest BCUT2D eigenvalue weighted by Gasteiger charge is -2.26. The lowest BCUT2D eigenvalue weighted by molar-refractivity contribution is -0.134. The molecule has 25 heavy (non-hydrogen) atoms. The molecule has 2 N–H and O–H groups in total. The Hall–Kier alpha value is -1.30. The summed E-state index contributed by atoms with van der Waals surface area (Å²) in [4.78, 5) is 21.4. The molecule has 0 radical (unpaired) electrons. The molecule has 1 aliphatic heterocycles. The highest BCUT2D eigenvalue weighted by Crippen LogP contribution is 2.28. The normalized spacial score (nSPS) is 26.3. The van der Waals surface area contributed by atoms with E-state index in [0.717, 1.165) is 50.9 Å². The summed E-state index contributed by atoms with van der Waals surface area (Å²) in [7, 11) is 4.03. The number of likely N-dealkylation sites (tertiary alicyclic amines) is 1.